The summed E-state index contributed by atoms with van der Waals surface area (Å²) in [7, 11) is 0. The molecule has 1 aliphatic carbocycles. The Kier molecular flexibility index (Phi) is 8.22. The number of hydrogen-bond donors (Lipinski definition) is 2. The lowest BCUT2D eigenvalue weighted by Crippen LogP contribution is -2.47. The maximum Gasteiger partial charge on any atom is 0.321 e. The van der Waals surface area contributed by atoms with Gasteiger partial charge in [0.2, 0.25) is 0 Å². The van der Waals surface area contributed by atoms with Gasteiger partial charge >= 0.3 is 12.0 Å². The number of rotatable bonds is 7. The molecule has 1 aromatic heterocycles. The maximum atomic E-state index is 12.1. The van der Waals surface area contributed by atoms with Crippen LogP contribution in [-0.4, -0.2) is 46.3 Å². The van der Waals surface area contributed by atoms with E-state index in [1.54, 1.807) is 0 Å². The van der Waals surface area contributed by atoms with E-state index in [1.807, 2.05) is 20.1 Å². The summed E-state index contributed by atoms with van der Waals surface area (Å²) in [4.78, 5) is 44.7. The summed E-state index contributed by atoms with van der Waals surface area (Å²) >= 11 is 1.47. The van der Waals surface area contributed by atoms with Crippen LogP contribution in [-0.2, 0) is 20.7 Å². The minimum absolute atomic E-state index is 0.107. The lowest BCUT2D eigenvalue weighted by atomic mass is 10.1. The summed E-state index contributed by atoms with van der Waals surface area (Å²) in [6, 6.07) is -0.436. The van der Waals surface area contributed by atoms with Crippen molar-refractivity contribution in [2.24, 2.45) is 0 Å². The van der Waals surface area contributed by atoms with Crippen molar-refractivity contribution in [1.82, 2.24) is 20.6 Å². The third kappa shape index (κ3) is 6.47. The van der Waals surface area contributed by atoms with Crippen molar-refractivity contribution >= 4 is 29.7 Å². The number of nitrogens with zero attached hydrogens (tertiary/aromatic N) is 2. The zero-order valence-electron chi connectivity index (χ0n) is 16.8. The first-order valence-corrected chi connectivity index (χ1v) is 10.7. The molecule has 0 radical (unpaired) electrons. The van der Waals surface area contributed by atoms with Gasteiger partial charge in [0.15, 0.2) is 11.3 Å². The standard InChI is InChI=1S/C19H28N4O4S/c1-11-15(12(2)21-19(20-11)28-4)9-10-16(24)27-13(3)17(25)23-18(26)22-14-7-5-6-8-14/h13-14H,5-10H2,1-4H3,(H2,22,23,25,26)/t13-/m1/s1. The number of imide groups is 1. The molecule has 0 saturated heterocycles. The number of hydrogen-bond acceptors (Lipinski definition) is 7. The quantitative estimate of drug-likeness (QED) is 0.405. The van der Waals surface area contributed by atoms with Crippen LogP contribution in [0.15, 0.2) is 5.16 Å². The van der Waals surface area contributed by atoms with E-state index in [1.165, 1.54) is 18.7 Å². The third-order valence-electron chi connectivity index (χ3n) is 4.77. The Morgan fingerprint density at radius 1 is 1.18 bits per heavy atom. The molecule has 0 bridgehead atoms. The Hall–Kier alpha value is -2.16. The van der Waals surface area contributed by atoms with Crippen molar-refractivity contribution in [3.05, 3.63) is 17.0 Å². The summed E-state index contributed by atoms with van der Waals surface area (Å²) in [6.07, 6.45) is 5.41. The first-order chi connectivity index (χ1) is 13.3. The monoisotopic (exact) mass is 408 g/mol. The fourth-order valence-corrected chi connectivity index (χ4v) is 3.66. The first kappa shape index (κ1) is 22.1. The number of nitrogens with one attached hydrogen (secondary N) is 2. The Labute approximate surface area is 169 Å². The molecule has 8 nitrogen and oxygen atoms in total. The second kappa shape index (κ2) is 10.4. The third-order valence-corrected chi connectivity index (χ3v) is 5.31. The van der Waals surface area contributed by atoms with Crippen molar-refractivity contribution in [3.8, 4) is 0 Å². The molecule has 9 heteroatoms. The average Bonchev–Trinajstić information content (AvgIpc) is 3.13. The number of urea groups is 1. The highest BCUT2D eigenvalue weighted by Gasteiger charge is 2.23. The van der Waals surface area contributed by atoms with E-state index in [9.17, 15) is 14.4 Å². The number of amides is 3. The number of ether oxygens (including phenoxy) is 1. The van der Waals surface area contributed by atoms with Crippen LogP contribution in [0.4, 0.5) is 4.79 Å². The summed E-state index contributed by atoms with van der Waals surface area (Å²) in [5.41, 5.74) is 2.57. The Morgan fingerprint density at radius 3 is 2.36 bits per heavy atom. The van der Waals surface area contributed by atoms with Crippen LogP contribution in [0.5, 0.6) is 0 Å². The highest BCUT2D eigenvalue weighted by Crippen LogP contribution is 2.18. The molecule has 0 unspecified atom stereocenters. The Balaban J connectivity index is 1.78. The predicted molar refractivity (Wildman–Crippen MR) is 106 cm³/mol. The van der Waals surface area contributed by atoms with Gasteiger partial charge in [0.1, 0.15) is 0 Å². The van der Waals surface area contributed by atoms with Crippen LogP contribution >= 0.6 is 11.8 Å². The molecule has 1 heterocycles. The lowest BCUT2D eigenvalue weighted by molar-refractivity contribution is -0.154. The molecule has 0 aliphatic heterocycles. The van der Waals surface area contributed by atoms with Gasteiger partial charge in [-0.1, -0.05) is 24.6 Å². The van der Waals surface area contributed by atoms with Crippen LogP contribution in [0.2, 0.25) is 0 Å². The molecule has 1 aliphatic rings. The molecule has 1 fully saturated rings. The highest BCUT2D eigenvalue weighted by atomic mass is 32.2. The van der Waals surface area contributed by atoms with Gasteiger partial charge in [0.25, 0.3) is 5.91 Å². The van der Waals surface area contributed by atoms with Crippen molar-refractivity contribution in [1.29, 1.82) is 0 Å². The first-order valence-electron chi connectivity index (χ1n) is 9.49. The van der Waals surface area contributed by atoms with E-state index in [-0.39, 0.29) is 12.5 Å². The molecule has 0 aromatic carbocycles. The molecule has 1 aromatic rings. The van der Waals surface area contributed by atoms with Crippen LogP contribution in [0, 0.1) is 13.8 Å². The molecular weight excluding hydrogens is 380 g/mol. The second-order valence-electron chi connectivity index (χ2n) is 6.94. The average molecular weight is 409 g/mol. The number of aromatic nitrogens is 2. The molecular formula is C19H28N4O4S. The molecule has 154 valence electrons. The Bertz CT molecular complexity index is 712. The van der Waals surface area contributed by atoms with E-state index < -0.39 is 24.0 Å². The van der Waals surface area contributed by atoms with Gasteiger partial charge in [-0.15, -0.1) is 0 Å². The minimum atomic E-state index is -1.04. The van der Waals surface area contributed by atoms with E-state index in [0.717, 1.165) is 42.6 Å². The summed E-state index contributed by atoms with van der Waals surface area (Å²) in [5, 5.41) is 5.68. The fourth-order valence-electron chi connectivity index (χ4n) is 3.20. The van der Waals surface area contributed by atoms with Crippen LogP contribution in [0.1, 0.15) is 56.0 Å². The van der Waals surface area contributed by atoms with Crippen molar-refractivity contribution in [3.63, 3.8) is 0 Å². The number of aryl methyl sites for hydroxylation is 2. The topological polar surface area (TPSA) is 110 Å². The minimum Gasteiger partial charge on any atom is -0.453 e. The van der Waals surface area contributed by atoms with Crippen LogP contribution < -0.4 is 10.6 Å². The normalized spacial score (nSPS) is 15.1. The van der Waals surface area contributed by atoms with E-state index in [4.69, 9.17) is 4.74 Å². The molecule has 1 atom stereocenters. The SMILES string of the molecule is CSc1nc(C)c(CCC(=O)O[C@H](C)C(=O)NC(=O)NC2CCCC2)c(C)n1. The zero-order chi connectivity index (χ0) is 20.7. The second-order valence-corrected chi connectivity index (χ2v) is 7.71. The molecule has 2 rings (SSSR count). The molecule has 2 N–H and O–H groups in total. The lowest BCUT2D eigenvalue weighted by Gasteiger charge is -2.16. The van der Waals surface area contributed by atoms with Crippen LogP contribution in [0.25, 0.3) is 0 Å². The van der Waals surface area contributed by atoms with E-state index >= 15 is 0 Å². The highest BCUT2D eigenvalue weighted by molar-refractivity contribution is 7.98. The van der Waals surface area contributed by atoms with Crippen LogP contribution in [0.3, 0.4) is 0 Å². The smallest absolute Gasteiger partial charge is 0.321 e. The predicted octanol–water partition coefficient (Wildman–Crippen LogP) is 2.45. The van der Waals surface area contributed by atoms with Gasteiger partial charge in [-0.3, -0.25) is 14.9 Å². The summed E-state index contributed by atoms with van der Waals surface area (Å²) < 4.78 is 5.15. The van der Waals surface area contributed by atoms with Gasteiger partial charge in [-0.05, 0) is 51.9 Å². The molecule has 1 saturated carbocycles. The van der Waals surface area contributed by atoms with E-state index in [2.05, 4.69) is 20.6 Å². The van der Waals surface area contributed by atoms with Gasteiger partial charge in [-0.25, -0.2) is 14.8 Å². The molecule has 0 spiro atoms. The number of esters is 1. The van der Waals surface area contributed by atoms with Gasteiger partial charge in [-0.2, -0.15) is 0 Å². The molecule has 28 heavy (non-hydrogen) atoms. The van der Waals surface area contributed by atoms with Gasteiger partial charge in [0, 0.05) is 23.9 Å². The van der Waals surface area contributed by atoms with Gasteiger partial charge in [0.05, 0.1) is 0 Å². The largest absolute Gasteiger partial charge is 0.453 e. The van der Waals surface area contributed by atoms with E-state index in [0.29, 0.717) is 11.6 Å². The fraction of sp³-hybridized carbons (Fsp3) is 0.632. The van der Waals surface area contributed by atoms with Crippen molar-refractivity contribution in [2.45, 2.75) is 76.6 Å². The molecule has 3 amide bonds. The number of carbonyl (C=O) groups excluding carboxylic acids is 3. The zero-order valence-corrected chi connectivity index (χ0v) is 17.6. The van der Waals surface area contributed by atoms with Gasteiger partial charge < -0.3 is 10.1 Å². The Morgan fingerprint density at radius 2 is 1.79 bits per heavy atom. The number of thioether (sulfide) groups is 1. The van der Waals surface area contributed by atoms with Crippen molar-refractivity contribution < 1.29 is 19.1 Å². The summed E-state index contributed by atoms with van der Waals surface area (Å²) in [6.45, 7) is 5.21. The van der Waals surface area contributed by atoms with Crippen molar-refractivity contribution in [2.75, 3.05) is 6.26 Å². The number of carbonyl (C=O) groups is 3. The summed E-state index contributed by atoms with van der Waals surface area (Å²) in [5.74, 6) is -1.14. The maximum absolute atomic E-state index is 12.1.